The summed E-state index contributed by atoms with van der Waals surface area (Å²) in [5.74, 6) is 0. The van der Waals surface area contributed by atoms with E-state index in [-0.39, 0.29) is 0 Å². The normalized spacial score (nSPS) is 10.7. The maximum absolute atomic E-state index is 8.62. The van der Waals surface area contributed by atoms with Crippen molar-refractivity contribution in [3.8, 4) is 6.07 Å². The van der Waals surface area contributed by atoms with E-state index in [9.17, 15) is 0 Å². The lowest BCUT2D eigenvalue weighted by molar-refractivity contribution is 1.42. The molecule has 0 radical (unpaired) electrons. The molecule has 0 aliphatic rings. The van der Waals surface area contributed by atoms with Gasteiger partial charge in [0, 0.05) is 16.0 Å². The Morgan fingerprint density at radius 3 is 2.93 bits per heavy atom. The van der Waals surface area contributed by atoms with Crippen molar-refractivity contribution in [2.75, 3.05) is 0 Å². The smallest absolute Gasteiger partial charge is 0.0988 e. The van der Waals surface area contributed by atoms with Crippen LogP contribution in [0.25, 0.3) is 0 Å². The average Bonchev–Trinajstić information content (AvgIpc) is 2.69. The summed E-state index contributed by atoms with van der Waals surface area (Å²) >= 11 is 6.80. The highest BCUT2D eigenvalue weighted by Crippen LogP contribution is 2.12. The van der Waals surface area contributed by atoms with Crippen molar-refractivity contribution < 1.29 is 0 Å². The summed E-state index contributed by atoms with van der Waals surface area (Å²) in [7, 11) is 0. The molecule has 1 rings (SSSR count). The Labute approximate surface area is 93.0 Å². The summed E-state index contributed by atoms with van der Waals surface area (Å²) in [6.07, 6.45) is 1.81. The fraction of sp³-hybridized carbons (Fsp3) is 0.0909. The van der Waals surface area contributed by atoms with Crippen LogP contribution >= 0.6 is 23.6 Å². The van der Waals surface area contributed by atoms with Crippen molar-refractivity contribution in [2.24, 2.45) is 0 Å². The second-order valence-electron chi connectivity index (χ2n) is 2.79. The third-order valence-corrected chi connectivity index (χ3v) is 2.80. The Morgan fingerprint density at radius 1 is 1.71 bits per heavy atom. The van der Waals surface area contributed by atoms with Crippen molar-refractivity contribution in [1.82, 2.24) is 0 Å². The van der Waals surface area contributed by atoms with E-state index in [1.54, 1.807) is 11.3 Å². The van der Waals surface area contributed by atoms with Crippen LogP contribution in [0.3, 0.4) is 0 Å². The van der Waals surface area contributed by atoms with Crippen LogP contribution in [0, 0.1) is 11.3 Å². The summed E-state index contributed by atoms with van der Waals surface area (Å²) in [5, 5.41) is 12.6. The van der Waals surface area contributed by atoms with Gasteiger partial charge in [-0.25, -0.2) is 0 Å². The van der Waals surface area contributed by atoms with Gasteiger partial charge in [0.25, 0.3) is 0 Å². The van der Waals surface area contributed by atoms with Gasteiger partial charge in [0.15, 0.2) is 0 Å². The summed E-state index contributed by atoms with van der Waals surface area (Å²) in [6, 6.07) is 3.96. The molecule has 0 bridgehead atoms. The van der Waals surface area contributed by atoms with Crippen LogP contribution in [0.15, 0.2) is 40.6 Å². The zero-order chi connectivity index (χ0) is 10.6. The Hall–Kier alpha value is -1.24. The fourth-order valence-electron chi connectivity index (χ4n) is 0.860. The van der Waals surface area contributed by atoms with Crippen molar-refractivity contribution in [1.29, 1.82) is 5.26 Å². The molecule has 3 heteroatoms. The van der Waals surface area contributed by atoms with Gasteiger partial charge in [-0.2, -0.15) is 16.6 Å². The molecule has 14 heavy (non-hydrogen) atoms. The molecule has 0 fully saturated rings. The second-order valence-corrected chi connectivity index (χ2v) is 4.01. The Bertz CT molecular complexity index is 419. The van der Waals surface area contributed by atoms with Crippen LogP contribution in [0.2, 0.25) is 0 Å². The average molecular weight is 219 g/mol. The molecule has 0 N–H and O–H groups in total. The van der Waals surface area contributed by atoms with Gasteiger partial charge < -0.3 is 0 Å². The number of nitriles is 1. The molecule has 70 valence electrons. The standard InChI is InChI=1S/C11H9NS2/c1-8(9(2)6-12)5-11(13)10-3-4-14-7-10/h3-5,7H,2H2,1H3/b8-5+. The van der Waals surface area contributed by atoms with Crippen LogP contribution in [0.1, 0.15) is 12.5 Å². The number of hydrogen-bond donors (Lipinski definition) is 0. The molecular weight excluding hydrogens is 210 g/mol. The number of hydrogen-bond acceptors (Lipinski definition) is 3. The molecule has 0 atom stereocenters. The van der Waals surface area contributed by atoms with Crippen LogP contribution in [0.4, 0.5) is 0 Å². The van der Waals surface area contributed by atoms with Gasteiger partial charge >= 0.3 is 0 Å². The highest BCUT2D eigenvalue weighted by Gasteiger charge is 2.00. The molecule has 1 nitrogen and oxygen atoms in total. The van der Waals surface area contributed by atoms with Gasteiger partial charge in [0.05, 0.1) is 6.07 Å². The van der Waals surface area contributed by atoms with Gasteiger partial charge in [-0.15, -0.1) is 0 Å². The molecule has 1 heterocycles. The minimum atomic E-state index is 0.461. The van der Waals surface area contributed by atoms with Crippen LogP contribution in [-0.2, 0) is 0 Å². The first-order valence-corrected chi connectivity index (χ1v) is 5.34. The van der Waals surface area contributed by atoms with E-state index in [0.29, 0.717) is 5.57 Å². The van der Waals surface area contributed by atoms with Gasteiger partial charge in [-0.3, -0.25) is 0 Å². The molecule has 0 aromatic carbocycles. The first-order chi connectivity index (χ1) is 6.65. The second kappa shape index (κ2) is 4.85. The number of thiocarbonyl (C=S) groups is 1. The van der Waals surface area contributed by atoms with E-state index >= 15 is 0 Å². The molecule has 0 amide bonds. The first-order valence-electron chi connectivity index (χ1n) is 3.99. The summed E-state index contributed by atoms with van der Waals surface area (Å²) in [5.41, 5.74) is 2.31. The molecule has 0 spiro atoms. The summed E-state index contributed by atoms with van der Waals surface area (Å²) in [6.45, 7) is 5.46. The SMILES string of the molecule is C=C(C#N)/C(C)=C/C(=S)c1ccsc1. The number of thiophene rings is 1. The van der Waals surface area contributed by atoms with E-state index in [1.165, 1.54) is 0 Å². The van der Waals surface area contributed by atoms with E-state index in [0.717, 1.165) is 16.0 Å². The lowest BCUT2D eigenvalue weighted by atomic mass is 10.1. The van der Waals surface area contributed by atoms with Gasteiger partial charge in [0.1, 0.15) is 0 Å². The molecule has 0 saturated carbocycles. The van der Waals surface area contributed by atoms with Crippen molar-refractivity contribution in [3.63, 3.8) is 0 Å². The number of nitrogens with zero attached hydrogens (tertiary/aromatic N) is 1. The van der Waals surface area contributed by atoms with E-state index in [4.69, 9.17) is 17.5 Å². The molecule has 1 aromatic rings. The van der Waals surface area contributed by atoms with Gasteiger partial charge in [-0.05, 0) is 35.4 Å². The van der Waals surface area contributed by atoms with Crippen LogP contribution in [-0.4, -0.2) is 4.86 Å². The van der Waals surface area contributed by atoms with Crippen molar-refractivity contribution in [3.05, 3.63) is 46.2 Å². The topological polar surface area (TPSA) is 23.8 Å². The maximum atomic E-state index is 8.62. The maximum Gasteiger partial charge on any atom is 0.0988 e. The third-order valence-electron chi connectivity index (χ3n) is 1.76. The molecule has 0 aliphatic carbocycles. The van der Waals surface area contributed by atoms with Crippen molar-refractivity contribution >= 4 is 28.4 Å². The van der Waals surface area contributed by atoms with E-state index in [2.05, 4.69) is 6.58 Å². The zero-order valence-corrected chi connectivity index (χ0v) is 9.41. The molecule has 0 unspecified atom stereocenters. The highest BCUT2D eigenvalue weighted by molar-refractivity contribution is 7.81. The minimum absolute atomic E-state index is 0.461. The predicted octanol–water partition coefficient (Wildman–Crippen LogP) is 3.49. The lowest BCUT2D eigenvalue weighted by Crippen LogP contribution is -1.92. The van der Waals surface area contributed by atoms with Crippen LogP contribution in [0.5, 0.6) is 0 Å². The summed E-state index contributed by atoms with van der Waals surface area (Å²) < 4.78 is 0. The number of allylic oxidation sites excluding steroid dienone is 3. The molecule has 1 aromatic heterocycles. The highest BCUT2D eigenvalue weighted by atomic mass is 32.1. The van der Waals surface area contributed by atoms with Gasteiger partial charge in [0.2, 0.25) is 0 Å². The fourth-order valence-corrected chi connectivity index (χ4v) is 1.89. The lowest BCUT2D eigenvalue weighted by Gasteiger charge is -1.97. The summed E-state index contributed by atoms with van der Waals surface area (Å²) in [4.78, 5) is 0.750. The van der Waals surface area contributed by atoms with E-state index < -0.39 is 0 Å². The molecular formula is C11H9NS2. The van der Waals surface area contributed by atoms with E-state index in [1.807, 2.05) is 35.9 Å². The first kappa shape index (κ1) is 10.8. The predicted molar refractivity (Wildman–Crippen MR) is 64.5 cm³/mol. The number of rotatable bonds is 3. The Kier molecular flexibility index (Phi) is 3.75. The third kappa shape index (κ3) is 2.63. The zero-order valence-electron chi connectivity index (χ0n) is 7.78. The minimum Gasteiger partial charge on any atom is -0.192 e. The Balaban J connectivity index is 2.85. The van der Waals surface area contributed by atoms with Gasteiger partial charge in [-0.1, -0.05) is 18.8 Å². The largest absolute Gasteiger partial charge is 0.192 e. The molecule has 0 aliphatic heterocycles. The Morgan fingerprint density at radius 2 is 2.43 bits per heavy atom. The molecule has 0 saturated heterocycles. The monoisotopic (exact) mass is 219 g/mol. The quantitative estimate of drug-likeness (QED) is 0.255. The van der Waals surface area contributed by atoms with Crippen LogP contribution < -0.4 is 0 Å². The van der Waals surface area contributed by atoms with Crippen molar-refractivity contribution in [2.45, 2.75) is 6.92 Å².